The van der Waals surface area contributed by atoms with Crippen LogP contribution in [0.1, 0.15) is 45.7 Å². The highest BCUT2D eigenvalue weighted by molar-refractivity contribution is 6.31. The molecule has 0 aromatic carbocycles. The summed E-state index contributed by atoms with van der Waals surface area (Å²) in [6.07, 6.45) is 5.00. The van der Waals surface area contributed by atoms with E-state index in [0.29, 0.717) is 10.9 Å². The second-order valence-corrected chi connectivity index (χ2v) is 7.30. The minimum Gasteiger partial charge on any atom is -0.382 e. The minimum atomic E-state index is -0.884. The van der Waals surface area contributed by atoms with E-state index in [0.717, 1.165) is 18.5 Å². The fraction of sp³-hybridized carbons (Fsp3) is 0.786. The smallest absolute Gasteiger partial charge is 0.118 e. The van der Waals surface area contributed by atoms with Crippen LogP contribution in [-0.2, 0) is 12.6 Å². The van der Waals surface area contributed by atoms with E-state index in [2.05, 4.69) is 25.9 Å². The Balaban J connectivity index is 2.26. The molecule has 2 aliphatic rings. The van der Waals surface area contributed by atoms with Crippen LogP contribution in [-0.4, -0.2) is 14.9 Å². The Hall–Kier alpha value is -0.540. The zero-order valence-corrected chi connectivity index (χ0v) is 12.3. The molecule has 3 nitrogen and oxygen atoms in total. The molecule has 1 N–H and O–H groups in total. The number of hydrogen-bond donors (Lipinski definition) is 1. The number of nitrogens with zero attached hydrogens (tertiary/aromatic N) is 2. The van der Waals surface area contributed by atoms with Crippen LogP contribution in [0, 0.1) is 16.7 Å². The van der Waals surface area contributed by atoms with Gasteiger partial charge in [0.15, 0.2) is 0 Å². The summed E-state index contributed by atoms with van der Waals surface area (Å²) in [5, 5.41) is 16.3. The van der Waals surface area contributed by atoms with E-state index in [1.165, 1.54) is 6.42 Å². The molecule has 3 rings (SSSR count). The molecule has 2 bridgehead atoms. The normalized spacial score (nSPS) is 41.6. The molecular formula is C14H21ClN2O. The zero-order chi connectivity index (χ0) is 13.3. The molecule has 2 aliphatic carbocycles. The van der Waals surface area contributed by atoms with Crippen molar-refractivity contribution in [2.24, 2.45) is 23.8 Å². The topological polar surface area (TPSA) is 38.0 Å². The van der Waals surface area contributed by atoms with Gasteiger partial charge in [-0.1, -0.05) is 32.4 Å². The van der Waals surface area contributed by atoms with Gasteiger partial charge in [-0.2, -0.15) is 5.10 Å². The Labute approximate surface area is 113 Å². The van der Waals surface area contributed by atoms with Crippen molar-refractivity contribution in [2.75, 3.05) is 0 Å². The van der Waals surface area contributed by atoms with Gasteiger partial charge in [0.1, 0.15) is 5.60 Å². The molecule has 0 spiro atoms. The second-order valence-electron chi connectivity index (χ2n) is 6.90. The van der Waals surface area contributed by atoms with Crippen LogP contribution in [0.2, 0.25) is 5.02 Å². The molecule has 1 aromatic rings. The number of halogens is 1. The summed E-state index contributed by atoms with van der Waals surface area (Å²) in [6, 6.07) is 0. The maximum atomic E-state index is 11.5. The molecule has 4 heteroatoms. The van der Waals surface area contributed by atoms with Crippen LogP contribution < -0.4 is 0 Å². The lowest BCUT2D eigenvalue weighted by atomic mass is 9.59. The van der Waals surface area contributed by atoms with E-state index >= 15 is 0 Å². The van der Waals surface area contributed by atoms with Gasteiger partial charge in [-0.15, -0.1) is 0 Å². The van der Waals surface area contributed by atoms with Gasteiger partial charge in [-0.3, -0.25) is 4.68 Å². The highest BCUT2D eigenvalue weighted by Crippen LogP contribution is 2.72. The molecular weight excluding hydrogens is 248 g/mol. The van der Waals surface area contributed by atoms with Gasteiger partial charge in [0.25, 0.3) is 0 Å². The molecule has 2 saturated carbocycles. The average molecular weight is 269 g/mol. The molecule has 0 amide bonds. The number of fused-ring (bicyclic) bond motifs is 2. The quantitative estimate of drug-likeness (QED) is 0.850. The first kappa shape index (κ1) is 12.5. The van der Waals surface area contributed by atoms with E-state index < -0.39 is 5.60 Å². The fourth-order valence-electron chi connectivity index (χ4n) is 4.67. The van der Waals surface area contributed by atoms with Crippen molar-refractivity contribution in [2.45, 2.75) is 45.6 Å². The van der Waals surface area contributed by atoms with Gasteiger partial charge in [0.2, 0.25) is 0 Å². The Morgan fingerprint density at radius 1 is 1.44 bits per heavy atom. The number of aliphatic hydroxyl groups is 1. The SMILES string of the molecule is Cn1ncc(Cl)c1C1(O)C2(C)CCC(C2)C1(C)C. The van der Waals surface area contributed by atoms with Crippen molar-refractivity contribution >= 4 is 11.6 Å². The average Bonchev–Trinajstić information content (AvgIpc) is 2.86. The summed E-state index contributed by atoms with van der Waals surface area (Å²) in [5.41, 5.74) is -0.333. The molecule has 2 fully saturated rings. The van der Waals surface area contributed by atoms with E-state index in [4.69, 9.17) is 11.6 Å². The summed E-state index contributed by atoms with van der Waals surface area (Å²) >= 11 is 6.30. The zero-order valence-electron chi connectivity index (χ0n) is 11.5. The number of aryl methyl sites for hydroxylation is 1. The summed E-state index contributed by atoms with van der Waals surface area (Å²) in [4.78, 5) is 0. The first-order valence-corrected chi connectivity index (χ1v) is 7.02. The van der Waals surface area contributed by atoms with Gasteiger partial charge in [0.05, 0.1) is 16.9 Å². The van der Waals surface area contributed by atoms with E-state index in [-0.39, 0.29) is 10.8 Å². The maximum Gasteiger partial charge on any atom is 0.118 e. The molecule has 0 aliphatic heterocycles. The highest BCUT2D eigenvalue weighted by Gasteiger charge is 2.70. The predicted molar refractivity (Wildman–Crippen MR) is 71.3 cm³/mol. The van der Waals surface area contributed by atoms with Crippen LogP contribution in [0.25, 0.3) is 0 Å². The van der Waals surface area contributed by atoms with Crippen molar-refractivity contribution in [3.63, 3.8) is 0 Å². The molecule has 3 unspecified atom stereocenters. The third-order valence-corrected chi connectivity index (χ3v) is 6.08. The van der Waals surface area contributed by atoms with Crippen molar-refractivity contribution in [3.8, 4) is 0 Å². The van der Waals surface area contributed by atoms with Gasteiger partial charge >= 0.3 is 0 Å². The molecule has 1 heterocycles. The van der Waals surface area contributed by atoms with Gasteiger partial charge in [-0.25, -0.2) is 0 Å². The lowest BCUT2D eigenvalue weighted by Crippen LogP contribution is -2.52. The van der Waals surface area contributed by atoms with E-state index in [1.54, 1.807) is 10.9 Å². The van der Waals surface area contributed by atoms with Crippen molar-refractivity contribution in [3.05, 3.63) is 16.9 Å². The first-order valence-electron chi connectivity index (χ1n) is 6.64. The van der Waals surface area contributed by atoms with E-state index in [1.807, 2.05) is 7.05 Å². The fourth-order valence-corrected chi connectivity index (χ4v) is 4.97. The van der Waals surface area contributed by atoms with Gasteiger partial charge in [0, 0.05) is 17.9 Å². The Kier molecular flexibility index (Phi) is 2.30. The molecule has 0 saturated heterocycles. The van der Waals surface area contributed by atoms with Gasteiger partial charge in [-0.05, 0) is 25.2 Å². The van der Waals surface area contributed by atoms with E-state index in [9.17, 15) is 5.11 Å². The van der Waals surface area contributed by atoms with Crippen LogP contribution in [0.15, 0.2) is 6.20 Å². The number of aromatic nitrogens is 2. The Morgan fingerprint density at radius 2 is 2.11 bits per heavy atom. The standard InChI is InChI=1S/C14H21ClN2O/c1-12(2)9-5-6-13(3,7-9)14(12,18)11-10(15)8-16-17(11)4/h8-9,18H,5-7H2,1-4H3. The molecule has 1 aromatic heterocycles. The third-order valence-electron chi connectivity index (χ3n) is 5.80. The molecule has 18 heavy (non-hydrogen) atoms. The van der Waals surface area contributed by atoms with Crippen molar-refractivity contribution < 1.29 is 5.11 Å². The van der Waals surface area contributed by atoms with Gasteiger partial charge < -0.3 is 5.11 Å². The first-order chi connectivity index (χ1) is 8.24. The highest BCUT2D eigenvalue weighted by atomic mass is 35.5. The molecule has 0 radical (unpaired) electrons. The van der Waals surface area contributed by atoms with Crippen LogP contribution in [0.4, 0.5) is 0 Å². The third kappa shape index (κ3) is 1.13. The van der Waals surface area contributed by atoms with Crippen LogP contribution >= 0.6 is 11.6 Å². The lowest BCUT2D eigenvalue weighted by Gasteiger charge is -2.50. The summed E-state index contributed by atoms with van der Waals surface area (Å²) in [6.45, 7) is 6.54. The van der Waals surface area contributed by atoms with Crippen LogP contribution in [0.5, 0.6) is 0 Å². The maximum absolute atomic E-state index is 11.5. The number of rotatable bonds is 1. The summed E-state index contributed by atoms with van der Waals surface area (Å²) in [5.74, 6) is 0.568. The Morgan fingerprint density at radius 3 is 2.56 bits per heavy atom. The number of hydrogen-bond acceptors (Lipinski definition) is 2. The largest absolute Gasteiger partial charge is 0.382 e. The Bertz CT molecular complexity index is 484. The molecule has 3 atom stereocenters. The lowest BCUT2D eigenvalue weighted by molar-refractivity contribution is -0.155. The van der Waals surface area contributed by atoms with Crippen molar-refractivity contribution in [1.29, 1.82) is 0 Å². The van der Waals surface area contributed by atoms with Crippen molar-refractivity contribution in [1.82, 2.24) is 9.78 Å². The molecule has 100 valence electrons. The second kappa shape index (κ2) is 3.31. The predicted octanol–water partition coefficient (Wildman–Crippen LogP) is 3.11. The summed E-state index contributed by atoms with van der Waals surface area (Å²) < 4.78 is 1.75. The monoisotopic (exact) mass is 268 g/mol. The minimum absolute atomic E-state index is 0.0847. The summed E-state index contributed by atoms with van der Waals surface area (Å²) in [7, 11) is 1.87. The van der Waals surface area contributed by atoms with Crippen LogP contribution in [0.3, 0.4) is 0 Å².